The van der Waals surface area contributed by atoms with Gasteiger partial charge in [0.15, 0.2) is 40.8 Å². The largest absolute Gasteiger partial charge is 0.310 e. The van der Waals surface area contributed by atoms with Crippen LogP contribution in [0.1, 0.15) is 74.9 Å². The van der Waals surface area contributed by atoms with E-state index in [1.807, 2.05) is 182 Å². The van der Waals surface area contributed by atoms with Crippen molar-refractivity contribution in [2.24, 2.45) is 0 Å². The van der Waals surface area contributed by atoms with Gasteiger partial charge in [0.1, 0.15) is 0 Å². The summed E-state index contributed by atoms with van der Waals surface area (Å²) in [5.74, 6) is 6.24. The molecule has 0 aliphatic heterocycles. The minimum absolute atomic E-state index is 0.149. The number of nitrogens with zero attached hydrogens (tertiary/aromatic N) is 16. The Kier molecular flexibility index (Phi) is 20.8. The number of pyridine rings is 1. The third kappa shape index (κ3) is 14.9. The predicted molar refractivity (Wildman–Crippen MR) is 587 cm³/mol. The third-order valence-electron chi connectivity index (χ3n) is 29.1. The molecular weight excluding hydrogens is 1770 g/mol. The monoisotopic (exact) mass is 1860 g/mol. The first-order chi connectivity index (χ1) is 71.2. The van der Waals surface area contributed by atoms with Gasteiger partial charge in [0.25, 0.3) is 0 Å². The van der Waals surface area contributed by atoms with Crippen LogP contribution in [0, 0.1) is 0 Å². The summed E-state index contributed by atoms with van der Waals surface area (Å²) in [4.78, 5) is 62.0. The van der Waals surface area contributed by atoms with Crippen LogP contribution in [0.4, 0.5) is 17.1 Å². The SMILES string of the molecule is CC1(C)c2ccccc2-c2cc3c4cc(-c5ccccn5)ccc4n(-c4nc(-c5ccccc5)nc(-c5ccccc5)n4)c3cc21.CC1(C)c2ccccc2-c2cc3c4cc(-c5ncccn5)ccc4n(-c4nc(-c5ccccc5)nc(-c5ccccc5)n4)c3cc21.CC1(C)c2ccccc2-c2cc3c4cc(N(c5ccccc5)c5ccccc5)ccc4n(-c4nc(-c5ccccc5)nc(-c5ccccc5)n4)c3cc21. The van der Waals surface area contributed by atoms with Crippen molar-refractivity contribution in [2.75, 3.05) is 4.90 Å². The lowest BCUT2D eigenvalue weighted by atomic mass is 9.82. The second-order valence-corrected chi connectivity index (χ2v) is 38.8. The Morgan fingerprint density at radius 1 is 0.179 bits per heavy atom. The molecule has 0 fully saturated rings. The van der Waals surface area contributed by atoms with E-state index in [2.05, 4.69) is 330 Å². The standard InChI is InChI=1S/C48H35N5.C41H29N5.C40H28N6/c1-48(2)41-26-16-15-25-37(41)38-30-40-39-29-36(52(34-21-11-5-12-22-34)35-23-13-6-14-24-35)27-28-43(39)53(44(40)31-42(38)48)47-50-45(32-17-7-3-8-18-32)49-46(51-47)33-19-9-4-10-20-33;1-41(2)33-18-10-9-17-29(33)30-24-32-31-23-28(35-19-11-12-22-42-35)20-21-36(31)46(37(32)25-34(30)41)40-44-38(26-13-5-3-6-14-26)43-39(45-40)27-15-7-4-8-16-27;1-40(2)32-17-10-9-16-28(32)29-23-31-30-22-27(36-41-20-11-21-42-36)18-19-34(30)46(35(31)24-33(29)40)39-44-37(25-12-5-3-6-13-25)43-38(45-39)26-14-7-4-8-15-26/h3-31H,1-2H3;3-25H,1-2H3;3-24H,1-2H3. The molecule has 0 bridgehead atoms. The van der Waals surface area contributed by atoms with Crippen molar-refractivity contribution < 1.29 is 0 Å². The van der Waals surface area contributed by atoms with E-state index in [1.54, 1.807) is 12.4 Å². The van der Waals surface area contributed by atoms with Gasteiger partial charge in [-0.15, -0.1) is 0 Å². The van der Waals surface area contributed by atoms with Gasteiger partial charge in [-0.3, -0.25) is 18.7 Å². The highest BCUT2D eigenvalue weighted by atomic mass is 15.2. The molecule has 8 heterocycles. The molecule has 0 unspecified atom stereocenters. The molecule has 25 aromatic rings. The van der Waals surface area contributed by atoms with Crippen LogP contribution >= 0.6 is 0 Å². The number of para-hydroxylation sites is 2. The summed E-state index contributed by atoms with van der Waals surface area (Å²) < 4.78 is 6.65. The molecule has 0 amide bonds. The molecule has 0 saturated carbocycles. The quantitative estimate of drug-likeness (QED) is 0.101. The molecule has 145 heavy (non-hydrogen) atoms. The zero-order valence-electron chi connectivity index (χ0n) is 80.4. The minimum atomic E-state index is -0.173. The lowest BCUT2D eigenvalue weighted by Crippen LogP contribution is -2.15. The van der Waals surface area contributed by atoms with Gasteiger partial charge in [0.2, 0.25) is 17.8 Å². The number of anilines is 3. The molecule has 0 saturated heterocycles. The summed E-state index contributed by atoms with van der Waals surface area (Å²) in [6.45, 7) is 13.9. The zero-order chi connectivity index (χ0) is 97.2. The molecule has 0 atom stereocenters. The molecule has 3 aliphatic carbocycles. The molecule has 0 radical (unpaired) electrons. The van der Waals surface area contributed by atoms with Gasteiger partial charge in [0.05, 0.1) is 38.8 Å². The fourth-order valence-electron chi connectivity index (χ4n) is 22.0. The average molecular weight is 1870 g/mol. The van der Waals surface area contributed by atoms with E-state index >= 15 is 0 Å². The van der Waals surface area contributed by atoms with Crippen LogP contribution in [0.5, 0.6) is 0 Å². The van der Waals surface area contributed by atoms with E-state index in [-0.39, 0.29) is 16.2 Å². The van der Waals surface area contributed by atoms with Crippen molar-refractivity contribution >= 4 is 82.5 Å². The van der Waals surface area contributed by atoms with E-state index < -0.39 is 0 Å². The molecule has 0 N–H and O–H groups in total. The minimum Gasteiger partial charge on any atom is -0.310 e. The van der Waals surface area contributed by atoms with E-state index in [4.69, 9.17) is 44.9 Å². The van der Waals surface area contributed by atoms with Gasteiger partial charge >= 0.3 is 0 Å². The first kappa shape index (κ1) is 86.5. The fourth-order valence-corrected chi connectivity index (χ4v) is 22.0. The number of rotatable bonds is 14. The first-order valence-corrected chi connectivity index (χ1v) is 49.1. The van der Waals surface area contributed by atoms with Gasteiger partial charge in [0, 0.05) is 129 Å². The molecule has 16 heteroatoms. The van der Waals surface area contributed by atoms with E-state index in [9.17, 15) is 0 Å². The van der Waals surface area contributed by atoms with Crippen molar-refractivity contribution in [3.8, 4) is 142 Å². The fraction of sp³-hybridized carbons (Fsp3) is 0.0698. The van der Waals surface area contributed by atoms with Crippen molar-refractivity contribution in [1.82, 2.24) is 73.5 Å². The Balaban J connectivity index is 0.000000111. The summed E-state index contributed by atoms with van der Waals surface area (Å²) in [7, 11) is 0. The molecule has 8 aromatic heterocycles. The highest BCUT2D eigenvalue weighted by molar-refractivity contribution is 6.16. The second kappa shape index (κ2) is 34.9. The molecule has 688 valence electrons. The maximum Gasteiger partial charge on any atom is 0.238 e. The Morgan fingerprint density at radius 2 is 0.455 bits per heavy atom. The predicted octanol–water partition coefficient (Wildman–Crippen LogP) is 30.8. The van der Waals surface area contributed by atoms with Crippen LogP contribution < -0.4 is 4.90 Å². The Hall–Kier alpha value is -18.8. The number of hydrogen-bond acceptors (Lipinski definition) is 13. The maximum atomic E-state index is 5.22. The van der Waals surface area contributed by atoms with Crippen LogP contribution in [0.25, 0.3) is 208 Å². The van der Waals surface area contributed by atoms with E-state index in [0.717, 1.165) is 133 Å². The van der Waals surface area contributed by atoms with Gasteiger partial charge in [-0.2, -0.15) is 29.9 Å². The summed E-state index contributed by atoms with van der Waals surface area (Å²) >= 11 is 0. The molecule has 17 aromatic carbocycles. The Labute approximate surface area is 837 Å². The van der Waals surface area contributed by atoms with Gasteiger partial charge in [-0.05, 0) is 194 Å². The molecule has 28 rings (SSSR count). The first-order valence-electron chi connectivity index (χ1n) is 49.1. The summed E-state index contributed by atoms with van der Waals surface area (Å²) in [5.41, 5.74) is 33.2. The van der Waals surface area contributed by atoms with Gasteiger partial charge in [-0.25, -0.2) is 24.9 Å². The molecule has 3 aliphatic rings. The maximum absolute atomic E-state index is 5.22. The summed E-state index contributed by atoms with van der Waals surface area (Å²) in [6, 6.07) is 150. The topological polar surface area (TPSA) is 173 Å². The van der Waals surface area contributed by atoms with Crippen molar-refractivity contribution in [3.05, 3.63) is 483 Å². The Morgan fingerprint density at radius 3 is 0.786 bits per heavy atom. The van der Waals surface area contributed by atoms with Crippen molar-refractivity contribution in [2.45, 2.75) is 57.8 Å². The number of fused-ring (bicyclic) bond motifs is 18. The number of benzene rings is 17. The average Bonchev–Trinajstić information content (AvgIpc) is 1.55. The van der Waals surface area contributed by atoms with E-state index in [1.165, 1.54) is 66.8 Å². The van der Waals surface area contributed by atoms with Gasteiger partial charge < -0.3 is 4.90 Å². The summed E-state index contributed by atoms with van der Waals surface area (Å²) in [5, 5.41) is 6.78. The molecule has 0 spiro atoms. The van der Waals surface area contributed by atoms with Crippen LogP contribution in [-0.4, -0.2) is 73.5 Å². The van der Waals surface area contributed by atoms with Crippen molar-refractivity contribution in [3.63, 3.8) is 0 Å². The number of aromatic nitrogens is 15. The number of hydrogen-bond donors (Lipinski definition) is 0. The highest BCUT2D eigenvalue weighted by Crippen LogP contribution is 2.56. The van der Waals surface area contributed by atoms with Crippen LogP contribution in [0.3, 0.4) is 0 Å². The van der Waals surface area contributed by atoms with E-state index in [0.29, 0.717) is 58.6 Å². The van der Waals surface area contributed by atoms with Crippen LogP contribution in [0.15, 0.2) is 449 Å². The smallest absolute Gasteiger partial charge is 0.238 e. The third-order valence-corrected chi connectivity index (χ3v) is 29.1. The Bertz CT molecular complexity index is 8810. The lowest BCUT2D eigenvalue weighted by Gasteiger charge is -2.25. The van der Waals surface area contributed by atoms with Gasteiger partial charge in [-0.1, -0.05) is 345 Å². The van der Waals surface area contributed by atoms with Crippen molar-refractivity contribution in [1.29, 1.82) is 0 Å². The second-order valence-electron chi connectivity index (χ2n) is 38.8. The lowest BCUT2D eigenvalue weighted by molar-refractivity contribution is 0.660. The van der Waals surface area contributed by atoms with Crippen LogP contribution in [0.2, 0.25) is 0 Å². The highest BCUT2D eigenvalue weighted by Gasteiger charge is 2.41. The summed E-state index contributed by atoms with van der Waals surface area (Å²) in [6.07, 6.45) is 5.40. The molecule has 16 nitrogen and oxygen atoms in total. The normalized spacial score (nSPS) is 13.1. The van der Waals surface area contributed by atoms with Crippen LogP contribution in [-0.2, 0) is 16.2 Å². The zero-order valence-corrected chi connectivity index (χ0v) is 80.4. The molecular formula is C129H92N16.